The van der Waals surface area contributed by atoms with E-state index in [1.54, 1.807) is 0 Å². The second-order valence-corrected chi connectivity index (χ2v) is 2.83. The second-order valence-electron chi connectivity index (χ2n) is 2.19. The lowest BCUT2D eigenvalue weighted by Crippen LogP contribution is -1.94. The molecule has 3 heteroatoms. The Hall–Kier alpha value is -0.700. The summed E-state index contributed by atoms with van der Waals surface area (Å²) in [5.74, 6) is 0. The Bertz CT molecular complexity index is 225. The maximum Gasteiger partial charge on any atom is 0.126 e. The Balaban J connectivity index is 2.82. The van der Waals surface area contributed by atoms with Crippen LogP contribution in [0.2, 0.25) is 0 Å². The minimum absolute atomic E-state index is 0.254. The summed E-state index contributed by atoms with van der Waals surface area (Å²) >= 11 is 3.22. The molecule has 0 fully saturated rings. The van der Waals surface area contributed by atoms with Crippen molar-refractivity contribution in [3.8, 4) is 0 Å². The average Bonchev–Trinajstić information content (AvgIpc) is 2.09. The van der Waals surface area contributed by atoms with E-state index in [0.29, 0.717) is 5.33 Å². The molecule has 11 heavy (non-hydrogen) atoms. The van der Waals surface area contributed by atoms with E-state index in [1.807, 2.05) is 30.3 Å². The van der Waals surface area contributed by atoms with Gasteiger partial charge in [0.1, 0.15) is 6.04 Å². The van der Waals surface area contributed by atoms with E-state index in [-0.39, 0.29) is 6.04 Å². The van der Waals surface area contributed by atoms with Gasteiger partial charge in [0.2, 0.25) is 0 Å². The van der Waals surface area contributed by atoms with Crippen molar-refractivity contribution in [3.63, 3.8) is 0 Å². The van der Waals surface area contributed by atoms with Crippen LogP contribution in [0, 0.1) is 4.91 Å². The third-order valence-electron chi connectivity index (χ3n) is 1.46. The van der Waals surface area contributed by atoms with Crippen LogP contribution >= 0.6 is 15.9 Å². The van der Waals surface area contributed by atoms with Crippen molar-refractivity contribution in [2.45, 2.75) is 6.04 Å². The molecule has 0 amide bonds. The van der Waals surface area contributed by atoms with Crippen LogP contribution in [0.15, 0.2) is 35.5 Å². The van der Waals surface area contributed by atoms with E-state index in [2.05, 4.69) is 21.1 Å². The fourth-order valence-corrected chi connectivity index (χ4v) is 1.35. The molecule has 0 aromatic heterocycles. The quantitative estimate of drug-likeness (QED) is 0.561. The van der Waals surface area contributed by atoms with Crippen LogP contribution in [0.5, 0.6) is 0 Å². The lowest BCUT2D eigenvalue weighted by atomic mass is 10.1. The van der Waals surface area contributed by atoms with Crippen LogP contribution < -0.4 is 0 Å². The summed E-state index contributed by atoms with van der Waals surface area (Å²) in [5.41, 5.74) is 0.958. The smallest absolute Gasteiger partial charge is 0.126 e. The molecule has 0 saturated carbocycles. The maximum absolute atomic E-state index is 10.3. The van der Waals surface area contributed by atoms with Gasteiger partial charge < -0.3 is 0 Å². The average molecular weight is 214 g/mol. The number of nitroso groups, excluding NO2 is 1. The minimum atomic E-state index is -0.254. The molecule has 1 unspecified atom stereocenters. The monoisotopic (exact) mass is 213 g/mol. The summed E-state index contributed by atoms with van der Waals surface area (Å²) in [6.07, 6.45) is 0. The van der Waals surface area contributed by atoms with E-state index >= 15 is 0 Å². The van der Waals surface area contributed by atoms with E-state index < -0.39 is 0 Å². The molecule has 0 aliphatic carbocycles. The molecule has 0 aliphatic heterocycles. The Morgan fingerprint density at radius 1 is 1.36 bits per heavy atom. The van der Waals surface area contributed by atoms with Crippen LogP contribution in [0.4, 0.5) is 0 Å². The Morgan fingerprint density at radius 2 is 2.00 bits per heavy atom. The lowest BCUT2D eigenvalue weighted by Gasteiger charge is -2.03. The molecule has 2 nitrogen and oxygen atoms in total. The van der Waals surface area contributed by atoms with Gasteiger partial charge in [-0.1, -0.05) is 51.4 Å². The highest BCUT2D eigenvalue weighted by Crippen LogP contribution is 2.18. The Kier molecular flexibility index (Phi) is 3.23. The van der Waals surface area contributed by atoms with Crippen molar-refractivity contribution in [1.82, 2.24) is 0 Å². The van der Waals surface area contributed by atoms with E-state index in [4.69, 9.17) is 0 Å². The largest absolute Gasteiger partial charge is 0.150 e. The molecule has 0 N–H and O–H groups in total. The van der Waals surface area contributed by atoms with Gasteiger partial charge in [0.05, 0.1) is 0 Å². The van der Waals surface area contributed by atoms with Gasteiger partial charge in [0.25, 0.3) is 0 Å². The molecule has 1 rings (SSSR count). The second kappa shape index (κ2) is 4.23. The summed E-state index contributed by atoms with van der Waals surface area (Å²) in [5, 5.41) is 3.56. The summed E-state index contributed by atoms with van der Waals surface area (Å²) in [6, 6.07) is 9.25. The zero-order valence-corrected chi connectivity index (χ0v) is 7.49. The Morgan fingerprint density at radius 3 is 2.45 bits per heavy atom. The molecule has 1 aromatic rings. The first-order valence-corrected chi connectivity index (χ1v) is 4.44. The SMILES string of the molecule is O=NC(CBr)c1ccccc1. The van der Waals surface area contributed by atoms with Crippen molar-refractivity contribution >= 4 is 15.9 Å². The maximum atomic E-state index is 10.3. The number of nitrogens with zero attached hydrogens (tertiary/aromatic N) is 1. The minimum Gasteiger partial charge on any atom is -0.150 e. The molecular formula is C8H8BrNO. The molecule has 0 saturated heterocycles. The molecule has 1 aromatic carbocycles. The molecule has 0 aliphatic rings. The van der Waals surface area contributed by atoms with Crippen LogP contribution in [-0.4, -0.2) is 5.33 Å². The fraction of sp³-hybridized carbons (Fsp3) is 0.250. The normalized spacial score (nSPS) is 12.5. The van der Waals surface area contributed by atoms with E-state index in [9.17, 15) is 4.91 Å². The molecule has 1 atom stereocenters. The highest BCUT2D eigenvalue weighted by atomic mass is 79.9. The van der Waals surface area contributed by atoms with Crippen LogP contribution in [0.1, 0.15) is 11.6 Å². The van der Waals surface area contributed by atoms with Crippen molar-refractivity contribution in [2.24, 2.45) is 5.18 Å². The van der Waals surface area contributed by atoms with Crippen LogP contribution in [-0.2, 0) is 0 Å². The zero-order chi connectivity index (χ0) is 8.10. The molecular weight excluding hydrogens is 206 g/mol. The van der Waals surface area contributed by atoms with Gasteiger partial charge in [0.15, 0.2) is 0 Å². The summed E-state index contributed by atoms with van der Waals surface area (Å²) in [6.45, 7) is 0. The predicted octanol–water partition coefficient (Wildman–Crippen LogP) is 2.89. The van der Waals surface area contributed by atoms with Crippen molar-refractivity contribution in [1.29, 1.82) is 0 Å². The van der Waals surface area contributed by atoms with Gasteiger partial charge in [-0.3, -0.25) is 0 Å². The molecule has 0 radical (unpaired) electrons. The standard InChI is InChI=1S/C8H8BrNO/c9-6-8(10-11)7-4-2-1-3-5-7/h1-5,8H,6H2. The molecule has 0 heterocycles. The van der Waals surface area contributed by atoms with Gasteiger partial charge in [-0.25, -0.2) is 0 Å². The topological polar surface area (TPSA) is 29.4 Å². The fourth-order valence-electron chi connectivity index (χ4n) is 0.853. The molecule has 0 spiro atoms. The third-order valence-corrected chi connectivity index (χ3v) is 2.07. The first-order valence-electron chi connectivity index (χ1n) is 3.32. The van der Waals surface area contributed by atoms with Crippen molar-refractivity contribution < 1.29 is 0 Å². The van der Waals surface area contributed by atoms with Crippen molar-refractivity contribution in [2.75, 3.05) is 5.33 Å². The Labute approximate surface area is 73.7 Å². The van der Waals surface area contributed by atoms with E-state index in [1.165, 1.54) is 0 Å². The first kappa shape index (κ1) is 8.40. The van der Waals surface area contributed by atoms with Gasteiger partial charge in [-0.2, -0.15) is 4.91 Å². The predicted molar refractivity (Wildman–Crippen MR) is 48.8 cm³/mol. The van der Waals surface area contributed by atoms with Gasteiger partial charge >= 0.3 is 0 Å². The number of benzene rings is 1. The number of halogens is 1. The summed E-state index contributed by atoms with van der Waals surface area (Å²) < 4.78 is 0. The summed E-state index contributed by atoms with van der Waals surface area (Å²) in [7, 11) is 0. The van der Waals surface area contributed by atoms with Gasteiger partial charge in [0, 0.05) is 5.33 Å². The highest BCUT2D eigenvalue weighted by Gasteiger charge is 2.07. The third kappa shape index (κ3) is 2.12. The van der Waals surface area contributed by atoms with Gasteiger partial charge in [-0.05, 0) is 5.56 Å². The number of rotatable bonds is 3. The zero-order valence-electron chi connectivity index (χ0n) is 5.90. The first-order chi connectivity index (χ1) is 5.38. The van der Waals surface area contributed by atoms with Crippen LogP contribution in [0.3, 0.4) is 0 Å². The van der Waals surface area contributed by atoms with Gasteiger partial charge in [-0.15, -0.1) is 0 Å². The molecule has 0 bridgehead atoms. The molecule has 58 valence electrons. The lowest BCUT2D eigenvalue weighted by molar-refractivity contribution is 0.831. The number of hydrogen-bond acceptors (Lipinski definition) is 2. The number of hydrogen-bond donors (Lipinski definition) is 0. The summed E-state index contributed by atoms with van der Waals surface area (Å²) in [4.78, 5) is 10.3. The van der Waals surface area contributed by atoms with Crippen LogP contribution in [0.25, 0.3) is 0 Å². The highest BCUT2D eigenvalue weighted by molar-refractivity contribution is 9.09. The van der Waals surface area contributed by atoms with Crippen molar-refractivity contribution in [3.05, 3.63) is 40.8 Å². The van der Waals surface area contributed by atoms with E-state index in [0.717, 1.165) is 5.56 Å². The number of alkyl halides is 1.